The highest BCUT2D eigenvalue weighted by atomic mass is 35.5. The van der Waals surface area contributed by atoms with Gasteiger partial charge in [-0.25, -0.2) is 0 Å². The van der Waals surface area contributed by atoms with Gasteiger partial charge in [0.25, 0.3) is 5.91 Å². The summed E-state index contributed by atoms with van der Waals surface area (Å²) >= 11 is 12.2. The maximum absolute atomic E-state index is 13.6. The van der Waals surface area contributed by atoms with Gasteiger partial charge in [-0.05, 0) is 53.1 Å². The van der Waals surface area contributed by atoms with Crippen LogP contribution in [0.2, 0.25) is 10.0 Å². The van der Waals surface area contributed by atoms with E-state index in [1.807, 2.05) is 24.3 Å². The van der Waals surface area contributed by atoms with Crippen molar-refractivity contribution in [2.45, 2.75) is 31.3 Å². The maximum atomic E-state index is 13.6. The second-order valence-electron chi connectivity index (χ2n) is 7.78. The zero-order valence-corrected chi connectivity index (χ0v) is 19.5. The fraction of sp³-hybridized carbons (Fsp3) is 0.240. The SMILES string of the molecule is CC(=O)OC(c1ccncc1)[C@@H]1O[C@@H](c2ccc(Cl)cc2)[C@H](c2ccc(Cl)cc2)N(C)C1=O. The number of benzene rings is 2. The first-order chi connectivity index (χ1) is 15.8. The number of rotatable bonds is 5. The highest BCUT2D eigenvalue weighted by molar-refractivity contribution is 6.30. The summed E-state index contributed by atoms with van der Waals surface area (Å²) in [5, 5.41) is 1.19. The molecular formula is C25H22Cl2N2O4. The number of carbonyl (C=O) groups is 2. The van der Waals surface area contributed by atoms with Crippen LogP contribution in [0.4, 0.5) is 0 Å². The van der Waals surface area contributed by atoms with Gasteiger partial charge in [0, 0.05) is 36.4 Å². The first-order valence-corrected chi connectivity index (χ1v) is 11.1. The van der Waals surface area contributed by atoms with Gasteiger partial charge in [0.2, 0.25) is 0 Å². The number of halogens is 2. The van der Waals surface area contributed by atoms with Crippen molar-refractivity contribution in [3.05, 3.63) is 99.8 Å². The molecule has 0 aliphatic carbocycles. The summed E-state index contributed by atoms with van der Waals surface area (Å²) in [6.45, 7) is 1.30. The zero-order chi connectivity index (χ0) is 23.5. The van der Waals surface area contributed by atoms with Crippen LogP contribution < -0.4 is 0 Å². The molecule has 8 heteroatoms. The fourth-order valence-corrected chi connectivity index (χ4v) is 4.29. The lowest BCUT2D eigenvalue weighted by atomic mass is 9.90. The molecule has 1 aliphatic heterocycles. The number of ether oxygens (including phenoxy) is 2. The third kappa shape index (κ3) is 5.03. The van der Waals surface area contributed by atoms with Gasteiger partial charge in [-0.3, -0.25) is 14.6 Å². The van der Waals surface area contributed by atoms with Crippen LogP contribution in [0.5, 0.6) is 0 Å². The van der Waals surface area contributed by atoms with Crippen LogP contribution in [-0.2, 0) is 19.1 Å². The molecule has 170 valence electrons. The number of hydrogen-bond donors (Lipinski definition) is 0. The van der Waals surface area contributed by atoms with Crippen molar-refractivity contribution >= 4 is 35.1 Å². The standard InChI is InChI=1S/C25H22Cl2N2O4/c1-15(30)32-23(18-11-13-28-14-12-18)24-25(31)29(2)21(16-3-7-19(26)8-4-16)22(33-24)17-5-9-20(27)10-6-17/h3-14,21-24H,1-2H3/t21-,22-,23?,24-/m0/s1. The van der Waals surface area contributed by atoms with Crippen molar-refractivity contribution in [2.75, 3.05) is 7.05 Å². The number of likely N-dealkylation sites (N-methyl/N-ethyl adjacent to an activating group) is 1. The Morgan fingerprint density at radius 1 is 0.970 bits per heavy atom. The van der Waals surface area contributed by atoms with Crippen molar-refractivity contribution in [1.29, 1.82) is 0 Å². The zero-order valence-electron chi connectivity index (χ0n) is 18.0. The highest BCUT2D eigenvalue weighted by Gasteiger charge is 2.47. The molecule has 2 aromatic carbocycles. The van der Waals surface area contributed by atoms with Gasteiger partial charge < -0.3 is 14.4 Å². The molecule has 6 nitrogen and oxygen atoms in total. The van der Waals surface area contributed by atoms with E-state index >= 15 is 0 Å². The number of hydrogen-bond acceptors (Lipinski definition) is 5. The quantitative estimate of drug-likeness (QED) is 0.457. The van der Waals surface area contributed by atoms with Crippen LogP contribution in [-0.4, -0.2) is 34.9 Å². The van der Waals surface area contributed by atoms with Crippen LogP contribution in [0.1, 0.15) is 41.9 Å². The minimum absolute atomic E-state index is 0.303. The van der Waals surface area contributed by atoms with Gasteiger partial charge in [-0.1, -0.05) is 47.5 Å². The van der Waals surface area contributed by atoms with Gasteiger partial charge in [-0.2, -0.15) is 0 Å². The lowest BCUT2D eigenvalue weighted by Crippen LogP contribution is -2.51. The summed E-state index contributed by atoms with van der Waals surface area (Å²) in [6, 6.07) is 17.5. The number of amides is 1. The first kappa shape index (κ1) is 23.2. The largest absolute Gasteiger partial charge is 0.454 e. The van der Waals surface area contributed by atoms with Crippen LogP contribution in [0.15, 0.2) is 73.1 Å². The molecule has 1 saturated heterocycles. The van der Waals surface area contributed by atoms with Crippen molar-refractivity contribution in [3.63, 3.8) is 0 Å². The monoisotopic (exact) mass is 484 g/mol. The van der Waals surface area contributed by atoms with Crippen LogP contribution >= 0.6 is 23.2 Å². The fourth-order valence-electron chi connectivity index (χ4n) is 4.04. The maximum Gasteiger partial charge on any atom is 0.303 e. The van der Waals surface area contributed by atoms with E-state index in [0.717, 1.165) is 11.1 Å². The molecule has 2 heterocycles. The van der Waals surface area contributed by atoms with Gasteiger partial charge in [0.15, 0.2) is 12.2 Å². The van der Waals surface area contributed by atoms with E-state index in [9.17, 15) is 9.59 Å². The van der Waals surface area contributed by atoms with Crippen molar-refractivity contribution in [3.8, 4) is 0 Å². The average molecular weight is 485 g/mol. The molecule has 1 aliphatic rings. The summed E-state index contributed by atoms with van der Waals surface area (Å²) < 4.78 is 12.0. The minimum Gasteiger partial charge on any atom is -0.454 e. The van der Waals surface area contributed by atoms with E-state index in [2.05, 4.69) is 4.98 Å². The number of aromatic nitrogens is 1. The minimum atomic E-state index is -1.05. The molecule has 4 rings (SSSR count). The second kappa shape index (κ2) is 9.91. The summed E-state index contributed by atoms with van der Waals surface area (Å²) in [5.41, 5.74) is 2.31. The van der Waals surface area contributed by atoms with E-state index in [-0.39, 0.29) is 5.91 Å². The average Bonchev–Trinajstić information content (AvgIpc) is 2.81. The third-order valence-electron chi connectivity index (χ3n) is 5.60. The Kier molecular flexibility index (Phi) is 6.98. The summed E-state index contributed by atoms with van der Waals surface area (Å²) in [7, 11) is 1.72. The molecule has 3 aromatic rings. The van der Waals surface area contributed by atoms with Gasteiger partial charge >= 0.3 is 5.97 Å². The van der Waals surface area contributed by atoms with E-state index < -0.39 is 30.3 Å². The van der Waals surface area contributed by atoms with E-state index in [4.69, 9.17) is 32.7 Å². The number of nitrogens with zero attached hydrogens (tertiary/aromatic N) is 2. The van der Waals surface area contributed by atoms with Crippen molar-refractivity contribution in [2.24, 2.45) is 0 Å². The Morgan fingerprint density at radius 3 is 2.06 bits per heavy atom. The number of carbonyl (C=O) groups excluding carboxylic acids is 2. The number of morpholine rings is 1. The molecule has 4 atom stereocenters. The molecule has 1 fully saturated rings. The Labute approximate surface area is 202 Å². The van der Waals surface area contributed by atoms with Gasteiger partial charge in [-0.15, -0.1) is 0 Å². The smallest absolute Gasteiger partial charge is 0.303 e. The van der Waals surface area contributed by atoms with E-state index in [0.29, 0.717) is 15.6 Å². The Morgan fingerprint density at radius 2 is 1.52 bits per heavy atom. The first-order valence-electron chi connectivity index (χ1n) is 10.4. The summed E-state index contributed by atoms with van der Waals surface area (Å²) in [6.07, 6.45) is 0.634. The molecule has 1 amide bonds. The molecule has 0 saturated carbocycles. The molecule has 1 aromatic heterocycles. The molecule has 0 spiro atoms. The molecule has 0 bridgehead atoms. The highest BCUT2D eigenvalue weighted by Crippen LogP contribution is 2.44. The molecule has 0 N–H and O–H groups in total. The van der Waals surface area contributed by atoms with Crippen LogP contribution in [0, 0.1) is 0 Å². The lowest BCUT2D eigenvalue weighted by Gasteiger charge is -2.44. The predicted octanol–water partition coefficient (Wildman–Crippen LogP) is 5.33. The van der Waals surface area contributed by atoms with E-state index in [1.54, 1.807) is 60.7 Å². The van der Waals surface area contributed by atoms with Crippen LogP contribution in [0.3, 0.4) is 0 Å². The van der Waals surface area contributed by atoms with E-state index in [1.165, 1.54) is 6.92 Å². The molecule has 1 unspecified atom stereocenters. The topological polar surface area (TPSA) is 68.7 Å². The molecular weight excluding hydrogens is 463 g/mol. The van der Waals surface area contributed by atoms with Gasteiger partial charge in [0.1, 0.15) is 6.10 Å². The molecule has 33 heavy (non-hydrogen) atoms. The summed E-state index contributed by atoms with van der Waals surface area (Å²) in [4.78, 5) is 31.1. The Hall–Kier alpha value is -2.93. The third-order valence-corrected chi connectivity index (χ3v) is 6.10. The van der Waals surface area contributed by atoms with Crippen molar-refractivity contribution < 1.29 is 19.1 Å². The van der Waals surface area contributed by atoms with Gasteiger partial charge in [0.05, 0.1) is 6.04 Å². The normalized spacial score (nSPS) is 21.5. The molecule has 0 radical (unpaired) electrons. The second-order valence-corrected chi connectivity index (χ2v) is 8.66. The number of pyridine rings is 1. The van der Waals surface area contributed by atoms with Crippen molar-refractivity contribution in [1.82, 2.24) is 9.88 Å². The Bertz CT molecular complexity index is 1120. The summed E-state index contributed by atoms with van der Waals surface area (Å²) in [5.74, 6) is -0.818. The predicted molar refractivity (Wildman–Crippen MR) is 125 cm³/mol. The lowest BCUT2D eigenvalue weighted by molar-refractivity contribution is -0.193. The van der Waals surface area contributed by atoms with Crippen LogP contribution in [0.25, 0.3) is 0 Å². The number of esters is 1. The Balaban J connectivity index is 1.78.